The lowest BCUT2D eigenvalue weighted by Gasteiger charge is -2.22. The van der Waals surface area contributed by atoms with E-state index in [2.05, 4.69) is 10.4 Å². The van der Waals surface area contributed by atoms with Crippen molar-refractivity contribution < 1.29 is 4.79 Å². The number of para-hydroxylation sites is 1. The predicted molar refractivity (Wildman–Crippen MR) is 110 cm³/mol. The molecule has 1 N–H and O–H groups in total. The molecule has 2 aromatic carbocycles. The molecule has 0 saturated heterocycles. The second-order valence-corrected chi connectivity index (χ2v) is 7.16. The molecule has 1 aromatic heterocycles. The Balaban J connectivity index is 1.76. The van der Waals surface area contributed by atoms with Gasteiger partial charge in [-0.15, -0.1) is 0 Å². The van der Waals surface area contributed by atoms with E-state index in [-0.39, 0.29) is 11.5 Å². The van der Waals surface area contributed by atoms with E-state index in [0.29, 0.717) is 5.69 Å². The average Bonchev–Trinajstić information content (AvgIpc) is 2.75. The van der Waals surface area contributed by atoms with Crippen LogP contribution >= 0.6 is 0 Å². The number of anilines is 1. The fourth-order valence-electron chi connectivity index (χ4n) is 3.72. The molecule has 0 spiro atoms. The van der Waals surface area contributed by atoms with Gasteiger partial charge < -0.3 is 5.32 Å². The summed E-state index contributed by atoms with van der Waals surface area (Å²) in [5, 5.41) is 7.53. The van der Waals surface area contributed by atoms with Crippen molar-refractivity contribution in [2.45, 2.75) is 38.6 Å². The molecule has 28 heavy (non-hydrogen) atoms. The van der Waals surface area contributed by atoms with Gasteiger partial charge in [-0.25, -0.2) is 4.68 Å². The lowest BCUT2D eigenvalue weighted by Crippen LogP contribution is -2.37. The molecule has 0 aliphatic heterocycles. The fraction of sp³-hybridized carbons (Fsp3) is 0.261. The number of nitrogens with zero attached hydrogens (tertiary/aromatic N) is 2. The molecule has 1 heterocycles. The van der Waals surface area contributed by atoms with Crippen LogP contribution in [0, 0.1) is 0 Å². The molecule has 5 nitrogen and oxygen atoms in total. The highest BCUT2D eigenvalue weighted by Crippen LogP contribution is 2.28. The lowest BCUT2D eigenvalue weighted by molar-refractivity contribution is -0.119. The molecule has 1 unspecified atom stereocenters. The number of carbonyl (C=O) groups excluding carboxylic acids is 1. The summed E-state index contributed by atoms with van der Waals surface area (Å²) in [6, 6.07) is 18.4. The van der Waals surface area contributed by atoms with Gasteiger partial charge in [0.1, 0.15) is 6.04 Å². The zero-order valence-corrected chi connectivity index (χ0v) is 15.9. The summed E-state index contributed by atoms with van der Waals surface area (Å²) in [5.41, 5.74) is 4.19. The Bertz CT molecular complexity index is 1040. The van der Waals surface area contributed by atoms with Crippen LogP contribution in [-0.2, 0) is 17.6 Å². The van der Waals surface area contributed by atoms with Gasteiger partial charge in [-0.1, -0.05) is 48.5 Å². The second-order valence-electron chi connectivity index (χ2n) is 7.16. The molecule has 0 saturated carbocycles. The fourth-order valence-corrected chi connectivity index (χ4v) is 3.72. The summed E-state index contributed by atoms with van der Waals surface area (Å²) < 4.78 is 1.35. The molecule has 1 aliphatic rings. The Morgan fingerprint density at radius 1 is 0.964 bits per heavy atom. The van der Waals surface area contributed by atoms with Crippen molar-refractivity contribution in [2.24, 2.45) is 0 Å². The van der Waals surface area contributed by atoms with Gasteiger partial charge in [0, 0.05) is 16.8 Å². The molecule has 1 aliphatic carbocycles. The van der Waals surface area contributed by atoms with Crippen molar-refractivity contribution >= 4 is 11.6 Å². The van der Waals surface area contributed by atoms with E-state index in [9.17, 15) is 9.59 Å². The lowest BCUT2D eigenvalue weighted by atomic mass is 9.89. The molecule has 1 atom stereocenters. The van der Waals surface area contributed by atoms with Crippen molar-refractivity contribution in [1.29, 1.82) is 0 Å². The third-order valence-electron chi connectivity index (χ3n) is 5.26. The smallest absolute Gasteiger partial charge is 0.271 e. The first-order valence-electron chi connectivity index (χ1n) is 9.71. The van der Waals surface area contributed by atoms with Crippen LogP contribution in [0.4, 0.5) is 5.69 Å². The van der Waals surface area contributed by atoms with Gasteiger partial charge in [0.05, 0.1) is 5.69 Å². The monoisotopic (exact) mass is 373 g/mol. The van der Waals surface area contributed by atoms with Gasteiger partial charge in [-0.3, -0.25) is 9.59 Å². The first-order chi connectivity index (χ1) is 13.6. The molecule has 1 amide bonds. The minimum absolute atomic E-state index is 0.148. The van der Waals surface area contributed by atoms with Crippen molar-refractivity contribution in [3.63, 3.8) is 0 Å². The molecule has 0 bridgehead atoms. The standard InChI is InChI=1S/C23H23N3O2/c1-16(22(27)24-18-12-6-3-7-13-18)26-23(28)20-15-9-8-14-19(20)21(25-26)17-10-4-2-5-11-17/h2-7,10-13,16H,8-9,14-15H2,1H3,(H,24,27). The highest BCUT2D eigenvalue weighted by atomic mass is 16.2. The van der Waals surface area contributed by atoms with Crippen LogP contribution in [0.15, 0.2) is 65.5 Å². The third-order valence-corrected chi connectivity index (χ3v) is 5.26. The van der Waals surface area contributed by atoms with E-state index in [1.54, 1.807) is 6.92 Å². The van der Waals surface area contributed by atoms with Gasteiger partial charge in [-0.05, 0) is 50.3 Å². The maximum absolute atomic E-state index is 13.1. The normalized spacial score (nSPS) is 14.2. The van der Waals surface area contributed by atoms with Crippen LogP contribution in [0.25, 0.3) is 11.3 Å². The van der Waals surface area contributed by atoms with Crippen LogP contribution in [0.5, 0.6) is 0 Å². The quantitative estimate of drug-likeness (QED) is 0.752. The van der Waals surface area contributed by atoms with Crippen molar-refractivity contribution in [3.8, 4) is 11.3 Å². The molecule has 0 radical (unpaired) electrons. The first kappa shape index (κ1) is 18.2. The Hall–Kier alpha value is -3.21. The van der Waals surface area contributed by atoms with E-state index >= 15 is 0 Å². The Kier molecular flexibility index (Phi) is 5.06. The maximum Gasteiger partial charge on any atom is 0.271 e. The van der Waals surface area contributed by atoms with E-state index in [1.807, 2.05) is 60.7 Å². The highest BCUT2D eigenvalue weighted by molar-refractivity contribution is 5.93. The van der Waals surface area contributed by atoms with E-state index in [4.69, 9.17) is 0 Å². The number of hydrogen-bond acceptors (Lipinski definition) is 3. The molecule has 0 fully saturated rings. The largest absolute Gasteiger partial charge is 0.324 e. The molecule has 5 heteroatoms. The van der Waals surface area contributed by atoms with Crippen molar-refractivity contribution in [3.05, 3.63) is 82.1 Å². The number of benzene rings is 2. The van der Waals surface area contributed by atoms with Crippen LogP contribution in [0.1, 0.15) is 36.9 Å². The number of amides is 1. The van der Waals surface area contributed by atoms with Crippen molar-refractivity contribution in [1.82, 2.24) is 9.78 Å². The molecule has 4 rings (SSSR count). The van der Waals surface area contributed by atoms with E-state index in [1.165, 1.54) is 4.68 Å². The Morgan fingerprint density at radius 2 is 1.57 bits per heavy atom. The molecule has 142 valence electrons. The van der Waals surface area contributed by atoms with E-state index < -0.39 is 6.04 Å². The Morgan fingerprint density at radius 3 is 2.25 bits per heavy atom. The molecule has 3 aromatic rings. The van der Waals surface area contributed by atoms with Gasteiger partial charge in [-0.2, -0.15) is 5.10 Å². The predicted octanol–water partition coefficient (Wildman–Crippen LogP) is 3.99. The van der Waals surface area contributed by atoms with Crippen molar-refractivity contribution in [2.75, 3.05) is 5.32 Å². The minimum atomic E-state index is -0.706. The van der Waals surface area contributed by atoms with E-state index in [0.717, 1.165) is 48.1 Å². The molecular formula is C23H23N3O2. The average molecular weight is 373 g/mol. The van der Waals surface area contributed by atoms with Crippen LogP contribution in [-0.4, -0.2) is 15.7 Å². The summed E-state index contributed by atoms with van der Waals surface area (Å²) in [4.78, 5) is 25.9. The molecular weight excluding hydrogens is 350 g/mol. The van der Waals surface area contributed by atoms with Crippen LogP contribution < -0.4 is 10.9 Å². The number of nitrogens with one attached hydrogen (secondary N) is 1. The SMILES string of the molecule is CC(C(=O)Nc1ccccc1)n1nc(-c2ccccc2)c2c(c1=O)CCCC2. The Labute approximate surface area is 164 Å². The van der Waals surface area contributed by atoms with Crippen LogP contribution in [0.2, 0.25) is 0 Å². The number of carbonyl (C=O) groups is 1. The summed E-state index contributed by atoms with van der Waals surface area (Å²) in [6.45, 7) is 1.72. The van der Waals surface area contributed by atoms with Gasteiger partial charge in [0.25, 0.3) is 5.56 Å². The van der Waals surface area contributed by atoms with Crippen LogP contribution in [0.3, 0.4) is 0 Å². The van der Waals surface area contributed by atoms with Gasteiger partial charge in [0.2, 0.25) is 5.91 Å². The zero-order valence-electron chi connectivity index (χ0n) is 15.9. The summed E-state index contributed by atoms with van der Waals surface area (Å²) in [7, 11) is 0. The summed E-state index contributed by atoms with van der Waals surface area (Å²) >= 11 is 0. The maximum atomic E-state index is 13.1. The minimum Gasteiger partial charge on any atom is -0.324 e. The van der Waals surface area contributed by atoms with Gasteiger partial charge in [0.15, 0.2) is 0 Å². The topological polar surface area (TPSA) is 64.0 Å². The number of rotatable bonds is 4. The summed E-state index contributed by atoms with van der Waals surface area (Å²) in [5.74, 6) is -0.254. The highest BCUT2D eigenvalue weighted by Gasteiger charge is 2.25. The number of hydrogen-bond donors (Lipinski definition) is 1. The first-order valence-corrected chi connectivity index (χ1v) is 9.71. The van der Waals surface area contributed by atoms with Gasteiger partial charge >= 0.3 is 0 Å². The summed E-state index contributed by atoms with van der Waals surface area (Å²) in [6.07, 6.45) is 3.64. The number of fused-ring (bicyclic) bond motifs is 1. The second kappa shape index (κ2) is 7.80. The zero-order chi connectivity index (χ0) is 19.5. The number of aromatic nitrogens is 2. The third kappa shape index (κ3) is 3.48.